The van der Waals surface area contributed by atoms with Gasteiger partial charge in [0.15, 0.2) is 0 Å². The number of nitrogens with zero attached hydrogens (tertiary/aromatic N) is 2. The van der Waals surface area contributed by atoms with E-state index in [1.807, 2.05) is 24.3 Å². The highest BCUT2D eigenvalue weighted by Crippen LogP contribution is 2.46. The summed E-state index contributed by atoms with van der Waals surface area (Å²) in [6.07, 6.45) is 3.40. The van der Waals surface area contributed by atoms with Crippen molar-refractivity contribution in [3.63, 3.8) is 0 Å². The molecule has 1 N–H and O–H groups in total. The number of pyridine rings is 1. The molecular formula is C19H22N2O3. The number of amides is 1. The summed E-state index contributed by atoms with van der Waals surface area (Å²) >= 11 is 0. The van der Waals surface area contributed by atoms with Crippen LogP contribution in [0.15, 0.2) is 35.1 Å². The van der Waals surface area contributed by atoms with Crippen LogP contribution >= 0.6 is 0 Å². The number of rotatable bonds is 2. The third kappa shape index (κ3) is 2.44. The standard InChI is InChI=1S/C19H22N2O3/c1-20-16-5-3-2-4-13(16)12-15(17(20)22)18(23)21-10-6-14(7-11-21)19(24)8-9-19/h2-5,12,14,24H,6-11H2,1H3. The molecule has 1 saturated carbocycles. The molecule has 1 aliphatic carbocycles. The number of hydrogen-bond acceptors (Lipinski definition) is 3. The number of carbonyl (C=O) groups excluding carboxylic acids is 1. The summed E-state index contributed by atoms with van der Waals surface area (Å²) in [5, 5.41) is 11.1. The van der Waals surface area contributed by atoms with Gasteiger partial charge in [-0.15, -0.1) is 0 Å². The lowest BCUT2D eigenvalue weighted by Crippen LogP contribution is -2.43. The Morgan fingerprint density at radius 3 is 2.54 bits per heavy atom. The first-order valence-electron chi connectivity index (χ1n) is 8.60. The predicted molar refractivity (Wildman–Crippen MR) is 92.0 cm³/mol. The van der Waals surface area contributed by atoms with Crippen LogP contribution in [-0.2, 0) is 7.05 Å². The Balaban J connectivity index is 1.60. The zero-order chi connectivity index (χ0) is 16.9. The van der Waals surface area contributed by atoms with Gasteiger partial charge in [-0.05, 0) is 49.1 Å². The van der Waals surface area contributed by atoms with E-state index in [0.29, 0.717) is 19.0 Å². The number of hydrogen-bond donors (Lipinski definition) is 1. The van der Waals surface area contributed by atoms with Gasteiger partial charge in [0.05, 0.1) is 11.1 Å². The fourth-order valence-corrected chi connectivity index (χ4v) is 3.90. The van der Waals surface area contributed by atoms with E-state index in [0.717, 1.165) is 36.6 Å². The summed E-state index contributed by atoms with van der Waals surface area (Å²) in [6, 6.07) is 9.30. The van der Waals surface area contributed by atoms with E-state index in [1.165, 1.54) is 0 Å². The molecule has 2 aliphatic rings. The second kappa shape index (κ2) is 5.45. The molecule has 1 saturated heterocycles. The van der Waals surface area contributed by atoms with E-state index in [9.17, 15) is 14.7 Å². The molecule has 126 valence electrons. The number of aryl methyl sites for hydroxylation is 1. The van der Waals surface area contributed by atoms with Crippen LogP contribution < -0.4 is 5.56 Å². The lowest BCUT2D eigenvalue weighted by atomic mass is 9.89. The zero-order valence-corrected chi connectivity index (χ0v) is 13.9. The van der Waals surface area contributed by atoms with E-state index in [1.54, 1.807) is 22.6 Å². The first-order chi connectivity index (χ1) is 11.5. The second-order valence-corrected chi connectivity index (χ2v) is 7.15. The molecule has 0 unspecified atom stereocenters. The normalized spacial score (nSPS) is 20.3. The molecule has 2 heterocycles. The van der Waals surface area contributed by atoms with Crippen molar-refractivity contribution in [1.29, 1.82) is 0 Å². The van der Waals surface area contributed by atoms with Crippen molar-refractivity contribution in [2.24, 2.45) is 13.0 Å². The first kappa shape index (κ1) is 15.4. The van der Waals surface area contributed by atoms with Crippen molar-refractivity contribution >= 4 is 16.8 Å². The highest BCUT2D eigenvalue weighted by atomic mass is 16.3. The number of fused-ring (bicyclic) bond motifs is 1. The number of aromatic nitrogens is 1. The van der Waals surface area contributed by atoms with Crippen LogP contribution in [0.3, 0.4) is 0 Å². The van der Waals surface area contributed by atoms with Gasteiger partial charge in [-0.25, -0.2) is 0 Å². The first-order valence-corrected chi connectivity index (χ1v) is 8.60. The minimum atomic E-state index is -0.478. The SMILES string of the molecule is Cn1c(=O)c(C(=O)N2CCC(C3(O)CC3)CC2)cc2ccccc21. The fourth-order valence-electron chi connectivity index (χ4n) is 3.90. The lowest BCUT2D eigenvalue weighted by Gasteiger charge is -2.34. The molecule has 5 nitrogen and oxygen atoms in total. The minimum Gasteiger partial charge on any atom is -0.390 e. The summed E-state index contributed by atoms with van der Waals surface area (Å²) in [4.78, 5) is 27.2. The van der Waals surface area contributed by atoms with Crippen LogP contribution in [0.1, 0.15) is 36.0 Å². The number of piperidine rings is 1. The maximum Gasteiger partial charge on any atom is 0.263 e. The predicted octanol–water partition coefficient (Wildman–Crippen LogP) is 1.92. The minimum absolute atomic E-state index is 0.192. The largest absolute Gasteiger partial charge is 0.390 e. The van der Waals surface area contributed by atoms with Crippen molar-refractivity contribution in [2.75, 3.05) is 13.1 Å². The van der Waals surface area contributed by atoms with E-state index < -0.39 is 5.60 Å². The maximum atomic E-state index is 12.8. The summed E-state index contributed by atoms with van der Waals surface area (Å²) in [5.74, 6) is 0.101. The highest BCUT2D eigenvalue weighted by molar-refractivity contribution is 5.97. The van der Waals surface area contributed by atoms with Crippen molar-refractivity contribution in [3.8, 4) is 0 Å². The van der Waals surface area contributed by atoms with Crippen molar-refractivity contribution < 1.29 is 9.90 Å². The average Bonchev–Trinajstić information content (AvgIpc) is 3.36. The van der Waals surface area contributed by atoms with E-state index in [4.69, 9.17) is 0 Å². The van der Waals surface area contributed by atoms with Crippen LogP contribution in [0.5, 0.6) is 0 Å². The van der Waals surface area contributed by atoms with Gasteiger partial charge < -0.3 is 14.6 Å². The van der Waals surface area contributed by atoms with Crippen LogP contribution in [-0.4, -0.2) is 39.2 Å². The summed E-state index contributed by atoms with van der Waals surface area (Å²) in [7, 11) is 1.70. The van der Waals surface area contributed by atoms with Gasteiger partial charge >= 0.3 is 0 Å². The number of benzene rings is 1. The molecule has 0 bridgehead atoms. The third-order valence-electron chi connectivity index (χ3n) is 5.67. The van der Waals surface area contributed by atoms with Gasteiger partial charge in [-0.3, -0.25) is 9.59 Å². The van der Waals surface area contributed by atoms with Crippen LogP contribution in [0.25, 0.3) is 10.9 Å². The topological polar surface area (TPSA) is 62.5 Å². The molecule has 4 rings (SSSR count). The molecule has 1 aliphatic heterocycles. The molecule has 24 heavy (non-hydrogen) atoms. The molecule has 1 aromatic heterocycles. The molecule has 1 amide bonds. The smallest absolute Gasteiger partial charge is 0.263 e. The molecule has 5 heteroatoms. The summed E-state index contributed by atoms with van der Waals surface area (Å²) in [6.45, 7) is 1.23. The van der Waals surface area contributed by atoms with Gasteiger partial charge in [-0.1, -0.05) is 18.2 Å². The lowest BCUT2D eigenvalue weighted by molar-refractivity contribution is 0.0339. The molecule has 0 radical (unpaired) electrons. The van der Waals surface area contributed by atoms with Gasteiger partial charge in [-0.2, -0.15) is 0 Å². The average molecular weight is 326 g/mol. The molecule has 1 aromatic carbocycles. The Morgan fingerprint density at radius 1 is 1.21 bits per heavy atom. The maximum absolute atomic E-state index is 12.8. The van der Waals surface area contributed by atoms with Gasteiger partial charge in [0.2, 0.25) is 0 Å². The molecule has 2 aromatic rings. The Hall–Kier alpha value is -2.14. The van der Waals surface area contributed by atoms with Gasteiger partial charge in [0.25, 0.3) is 11.5 Å². The Kier molecular flexibility index (Phi) is 3.49. The summed E-state index contributed by atoms with van der Waals surface area (Å²) < 4.78 is 1.54. The fraction of sp³-hybridized carbons (Fsp3) is 0.474. The van der Waals surface area contributed by atoms with Crippen molar-refractivity contribution in [2.45, 2.75) is 31.3 Å². The Morgan fingerprint density at radius 2 is 1.88 bits per heavy atom. The number of likely N-dealkylation sites (tertiary alicyclic amines) is 1. The number of para-hydroxylation sites is 1. The van der Waals surface area contributed by atoms with Crippen molar-refractivity contribution in [3.05, 3.63) is 46.2 Å². The third-order valence-corrected chi connectivity index (χ3v) is 5.67. The number of aliphatic hydroxyl groups is 1. The molecule has 0 spiro atoms. The highest BCUT2D eigenvalue weighted by Gasteiger charge is 2.48. The Labute approximate surface area is 140 Å². The van der Waals surface area contributed by atoms with Crippen molar-refractivity contribution in [1.82, 2.24) is 9.47 Å². The molecule has 2 fully saturated rings. The second-order valence-electron chi connectivity index (χ2n) is 7.15. The molecule has 0 atom stereocenters. The van der Waals surface area contributed by atoms with Gasteiger partial charge in [0, 0.05) is 20.1 Å². The van der Waals surface area contributed by atoms with E-state index >= 15 is 0 Å². The van der Waals surface area contributed by atoms with E-state index in [2.05, 4.69) is 0 Å². The monoisotopic (exact) mass is 326 g/mol. The van der Waals surface area contributed by atoms with Crippen LogP contribution in [0.4, 0.5) is 0 Å². The van der Waals surface area contributed by atoms with E-state index in [-0.39, 0.29) is 17.0 Å². The molecular weight excluding hydrogens is 304 g/mol. The quantitative estimate of drug-likeness (QED) is 0.917. The van der Waals surface area contributed by atoms with Gasteiger partial charge in [0.1, 0.15) is 5.56 Å². The summed E-state index contributed by atoms with van der Waals surface area (Å²) in [5.41, 5.74) is 0.337. The van der Waals surface area contributed by atoms with Crippen LogP contribution in [0, 0.1) is 5.92 Å². The number of carbonyl (C=O) groups is 1. The Bertz CT molecular complexity index is 859. The zero-order valence-electron chi connectivity index (χ0n) is 13.9. The van der Waals surface area contributed by atoms with Crippen LogP contribution in [0.2, 0.25) is 0 Å².